The zero-order valence-electron chi connectivity index (χ0n) is 17.7. The fourth-order valence-corrected chi connectivity index (χ4v) is 2.87. The van der Waals surface area contributed by atoms with E-state index < -0.39 is 0 Å². The number of anilines is 1. The Balaban J connectivity index is 1.78. The normalized spacial score (nSPS) is 10.7. The lowest BCUT2D eigenvalue weighted by Crippen LogP contribution is -2.30. The Morgan fingerprint density at radius 3 is 2.14 bits per heavy atom. The van der Waals surface area contributed by atoms with Gasteiger partial charge in [0.2, 0.25) is 5.91 Å². The molecule has 156 valence electrons. The van der Waals surface area contributed by atoms with Crippen molar-refractivity contribution >= 4 is 17.5 Å². The van der Waals surface area contributed by atoms with Crippen LogP contribution in [0, 0.1) is 0 Å². The van der Waals surface area contributed by atoms with Crippen LogP contribution in [-0.2, 0) is 11.3 Å². The highest BCUT2D eigenvalue weighted by molar-refractivity contribution is 5.96. The lowest BCUT2D eigenvalue weighted by Gasteiger charge is -2.18. The average molecular weight is 398 g/mol. The summed E-state index contributed by atoms with van der Waals surface area (Å²) in [6.45, 7) is 10.0. The fraction of sp³-hybridized carbons (Fsp3) is 0.391. The highest BCUT2D eigenvalue weighted by atomic mass is 16.5. The molecule has 29 heavy (non-hydrogen) atoms. The van der Waals surface area contributed by atoms with Crippen molar-refractivity contribution in [1.82, 2.24) is 10.2 Å². The minimum absolute atomic E-state index is 0.000596. The number of carbonyl (C=O) groups excluding carboxylic acids is 2. The zero-order chi connectivity index (χ0) is 21.2. The van der Waals surface area contributed by atoms with E-state index in [4.69, 9.17) is 4.74 Å². The molecule has 6 heteroatoms. The summed E-state index contributed by atoms with van der Waals surface area (Å²) in [6.07, 6.45) is 0.145. The van der Waals surface area contributed by atoms with Crippen LogP contribution in [-0.4, -0.2) is 42.5 Å². The second-order valence-electron chi connectivity index (χ2n) is 7.02. The zero-order valence-corrected chi connectivity index (χ0v) is 17.7. The maximum atomic E-state index is 12.3. The minimum Gasteiger partial charge on any atom is -0.491 e. The van der Waals surface area contributed by atoms with Crippen molar-refractivity contribution in [1.29, 1.82) is 0 Å². The third kappa shape index (κ3) is 7.23. The first-order valence-electron chi connectivity index (χ1n) is 10.1. The molecule has 0 heterocycles. The molecule has 0 fully saturated rings. The van der Waals surface area contributed by atoms with Gasteiger partial charge in [-0.05, 0) is 69.7 Å². The molecule has 0 atom stereocenters. The van der Waals surface area contributed by atoms with Crippen LogP contribution >= 0.6 is 0 Å². The number of benzene rings is 2. The van der Waals surface area contributed by atoms with E-state index in [1.165, 1.54) is 0 Å². The van der Waals surface area contributed by atoms with Gasteiger partial charge in [-0.3, -0.25) is 9.59 Å². The van der Waals surface area contributed by atoms with Crippen LogP contribution in [0.3, 0.4) is 0 Å². The van der Waals surface area contributed by atoms with Gasteiger partial charge in [0.25, 0.3) is 5.91 Å². The lowest BCUT2D eigenvalue weighted by atomic mass is 10.1. The second kappa shape index (κ2) is 11.2. The first-order valence-corrected chi connectivity index (χ1v) is 10.1. The summed E-state index contributed by atoms with van der Waals surface area (Å²) in [4.78, 5) is 26.2. The Kier molecular flexibility index (Phi) is 8.68. The molecule has 0 aliphatic heterocycles. The van der Waals surface area contributed by atoms with Crippen LogP contribution in [0.1, 0.15) is 43.6 Å². The number of rotatable bonds is 10. The minimum atomic E-state index is -0.132. The first kappa shape index (κ1) is 22.4. The highest BCUT2D eigenvalue weighted by Gasteiger charge is 2.12. The van der Waals surface area contributed by atoms with E-state index in [0.717, 1.165) is 11.3 Å². The Hall–Kier alpha value is -2.86. The smallest absolute Gasteiger partial charge is 0.253 e. The third-order valence-electron chi connectivity index (χ3n) is 4.38. The summed E-state index contributed by atoms with van der Waals surface area (Å²) in [7, 11) is 0. The van der Waals surface area contributed by atoms with Gasteiger partial charge in [-0.2, -0.15) is 0 Å². The fourth-order valence-electron chi connectivity index (χ4n) is 2.87. The predicted molar refractivity (Wildman–Crippen MR) is 116 cm³/mol. The van der Waals surface area contributed by atoms with Gasteiger partial charge in [0.05, 0.1) is 12.6 Å². The molecule has 0 saturated carbocycles. The average Bonchev–Trinajstić information content (AvgIpc) is 2.70. The molecule has 0 spiro atoms. The summed E-state index contributed by atoms with van der Waals surface area (Å²) in [6, 6.07) is 14.8. The molecule has 0 saturated heterocycles. The van der Waals surface area contributed by atoms with E-state index in [9.17, 15) is 9.59 Å². The van der Waals surface area contributed by atoms with Gasteiger partial charge in [-0.25, -0.2) is 0 Å². The van der Waals surface area contributed by atoms with E-state index >= 15 is 0 Å². The van der Waals surface area contributed by atoms with Gasteiger partial charge in [-0.15, -0.1) is 0 Å². The molecule has 2 aromatic rings. The first-order chi connectivity index (χ1) is 13.9. The van der Waals surface area contributed by atoms with Crippen molar-refractivity contribution in [3.63, 3.8) is 0 Å². The van der Waals surface area contributed by atoms with Gasteiger partial charge in [0.15, 0.2) is 0 Å². The van der Waals surface area contributed by atoms with Gasteiger partial charge in [-0.1, -0.05) is 12.1 Å². The topological polar surface area (TPSA) is 70.7 Å². The van der Waals surface area contributed by atoms with Crippen LogP contribution < -0.4 is 15.4 Å². The van der Waals surface area contributed by atoms with Gasteiger partial charge < -0.3 is 20.3 Å². The van der Waals surface area contributed by atoms with Crippen LogP contribution in [0.5, 0.6) is 5.75 Å². The monoisotopic (exact) mass is 397 g/mol. The predicted octanol–water partition coefficient (Wildman–Crippen LogP) is 3.68. The summed E-state index contributed by atoms with van der Waals surface area (Å²) in [5, 5.41) is 5.96. The van der Waals surface area contributed by atoms with Crippen molar-refractivity contribution in [2.75, 3.05) is 25.0 Å². The third-order valence-corrected chi connectivity index (χ3v) is 4.38. The molecule has 0 unspecified atom stereocenters. The maximum Gasteiger partial charge on any atom is 0.253 e. The van der Waals surface area contributed by atoms with Crippen LogP contribution in [0.2, 0.25) is 0 Å². The molecule has 2 amide bonds. The number of amides is 2. The quantitative estimate of drug-likeness (QED) is 0.642. The van der Waals surface area contributed by atoms with Crippen LogP contribution in [0.25, 0.3) is 0 Å². The number of hydrogen-bond acceptors (Lipinski definition) is 4. The maximum absolute atomic E-state index is 12.3. The van der Waals surface area contributed by atoms with E-state index in [2.05, 4.69) is 10.6 Å². The van der Waals surface area contributed by atoms with Gasteiger partial charge in [0.1, 0.15) is 5.75 Å². The molecule has 0 bridgehead atoms. The van der Waals surface area contributed by atoms with Gasteiger partial charge in [0, 0.05) is 30.9 Å². The SMILES string of the molecule is CCN(CC)C(=O)c1ccc(NC(=O)CNCc2ccc(OC(C)C)cc2)cc1. The van der Waals surface area contributed by atoms with E-state index in [1.54, 1.807) is 29.2 Å². The van der Waals surface area contributed by atoms with Crippen molar-refractivity contribution < 1.29 is 14.3 Å². The largest absolute Gasteiger partial charge is 0.491 e. The number of nitrogens with zero attached hydrogens (tertiary/aromatic N) is 1. The Morgan fingerprint density at radius 1 is 0.966 bits per heavy atom. The highest BCUT2D eigenvalue weighted by Crippen LogP contribution is 2.14. The number of hydrogen-bond donors (Lipinski definition) is 2. The molecular formula is C23H31N3O3. The van der Waals surface area contributed by atoms with Crippen molar-refractivity contribution in [3.05, 3.63) is 59.7 Å². The molecule has 0 aliphatic carbocycles. The molecule has 0 aliphatic rings. The van der Waals surface area contributed by atoms with Crippen LogP contribution in [0.4, 0.5) is 5.69 Å². The summed E-state index contributed by atoms with van der Waals surface area (Å²) in [5.41, 5.74) is 2.37. The van der Waals surface area contributed by atoms with Gasteiger partial charge >= 0.3 is 0 Å². The van der Waals surface area contributed by atoms with Crippen molar-refractivity contribution in [3.8, 4) is 5.75 Å². The summed E-state index contributed by atoms with van der Waals surface area (Å²) in [5.74, 6) is 0.705. The summed E-state index contributed by atoms with van der Waals surface area (Å²) >= 11 is 0. The number of nitrogens with one attached hydrogen (secondary N) is 2. The Labute approximate surface area is 173 Å². The lowest BCUT2D eigenvalue weighted by molar-refractivity contribution is -0.115. The molecular weight excluding hydrogens is 366 g/mol. The Bertz CT molecular complexity index is 782. The van der Waals surface area contributed by atoms with Crippen molar-refractivity contribution in [2.24, 2.45) is 0 Å². The summed E-state index contributed by atoms with van der Waals surface area (Å²) < 4.78 is 5.62. The number of carbonyl (C=O) groups is 2. The van der Waals surface area contributed by atoms with Crippen LogP contribution in [0.15, 0.2) is 48.5 Å². The van der Waals surface area contributed by atoms with E-state index in [-0.39, 0.29) is 24.5 Å². The van der Waals surface area contributed by atoms with Crippen molar-refractivity contribution in [2.45, 2.75) is 40.3 Å². The number of ether oxygens (including phenoxy) is 1. The van der Waals surface area contributed by atoms with E-state index in [0.29, 0.717) is 30.9 Å². The molecule has 0 aromatic heterocycles. The molecule has 2 aromatic carbocycles. The molecule has 6 nitrogen and oxygen atoms in total. The standard InChI is InChI=1S/C23H31N3O3/c1-5-26(6-2)23(28)19-9-11-20(12-10-19)25-22(27)16-24-15-18-7-13-21(14-8-18)29-17(3)4/h7-14,17,24H,5-6,15-16H2,1-4H3,(H,25,27). The molecule has 2 N–H and O–H groups in total. The molecule has 0 radical (unpaired) electrons. The van der Waals surface area contributed by atoms with E-state index in [1.807, 2.05) is 52.0 Å². The Morgan fingerprint density at radius 2 is 1.59 bits per heavy atom. The molecule has 2 rings (SSSR count). The second-order valence-corrected chi connectivity index (χ2v) is 7.02.